The molecule has 0 aliphatic heterocycles. The molecule has 0 saturated carbocycles. The van der Waals surface area contributed by atoms with Crippen molar-refractivity contribution in [2.75, 3.05) is 0 Å². The average Bonchev–Trinajstić information content (AvgIpc) is 2.49. The van der Waals surface area contributed by atoms with Crippen LogP contribution >= 0.6 is 0 Å². The smallest absolute Gasteiger partial charge is 0.0485 e. The van der Waals surface area contributed by atoms with Crippen LogP contribution in [0.4, 0.5) is 0 Å². The highest BCUT2D eigenvalue weighted by Gasteiger charge is 2.09. The van der Waals surface area contributed by atoms with Gasteiger partial charge in [-0.15, -0.1) is 0 Å². The van der Waals surface area contributed by atoms with Crippen molar-refractivity contribution in [3.8, 4) is 0 Å². The van der Waals surface area contributed by atoms with Gasteiger partial charge in [0.05, 0.1) is 0 Å². The molecule has 0 atom stereocenters. The van der Waals surface area contributed by atoms with E-state index in [1.807, 2.05) is 0 Å². The molecular formula is C13H20N2. The molecule has 0 bridgehead atoms. The molecule has 2 heteroatoms. The van der Waals surface area contributed by atoms with Gasteiger partial charge in [-0.2, -0.15) is 0 Å². The first-order chi connectivity index (χ1) is 6.79. The number of nitrogens with zero attached hydrogens (tertiary/aromatic N) is 1. The summed E-state index contributed by atoms with van der Waals surface area (Å²) in [7, 11) is 0. The zero-order chi connectivity index (χ0) is 10.1. The van der Waals surface area contributed by atoms with Gasteiger partial charge in [0, 0.05) is 23.1 Å². The first-order valence-electron chi connectivity index (χ1n) is 5.36. The largest absolute Gasteiger partial charge is 0.345 e. The minimum absolute atomic E-state index is 0. The van der Waals surface area contributed by atoms with Crippen molar-refractivity contribution in [3.05, 3.63) is 35.5 Å². The van der Waals surface area contributed by atoms with E-state index in [2.05, 4.69) is 49.6 Å². The van der Waals surface area contributed by atoms with Crippen molar-refractivity contribution in [3.63, 3.8) is 0 Å². The molecule has 3 N–H and O–H groups in total. The number of hydrogen-bond acceptors (Lipinski definition) is 1. The van der Waals surface area contributed by atoms with E-state index in [0.29, 0.717) is 0 Å². The Balaban J connectivity index is 0.00000112. The monoisotopic (exact) mass is 204 g/mol. The number of para-hydroxylation sites is 1. The van der Waals surface area contributed by atoms with Crippen molar-refractivity contribution in [1.82, 2.24) is 10.7 Å². The van der Waals surface area contributed by atoms with Crippen LogP contribution in [0.1, 0.15) is 25.1 Å². The molecule has 0 unspecified atom stereocenters. The summed E-state index contributed by atoms with van der Waals surface area (Å²) in [5.74, 6) is 0. The van der Waals surface area contributed by atoms with Gasteiger partial charge in [0.15, 0.2) is 0 Å². The molecule has 1 aromatic carbocycles. The lowest BCUT2D eigenvalue weighted by atomic mass is 10.1. The fourth-order valence-corrected chi connectivity index (χ4v) is 2.36. The Bertz CT molecular complexity index is 414. The predicted molar refractivity (Wildman–Crippen MR) is 66.7 cm³/mol. The van der Waals surface area contributed by atoms with Crippen molar-refractivity contribution in [2.24, 2.45) is 0 Å². The molecule has 0 radical (unpaired) electrons. The summed E-state index contributed by atoms with van der Waals surface area (Å²) in [5.41, 5.74) is 4.31. The van der Waals surface area contributed by atoms with E-state index in [9.17, 15) is 0 Å². The normalized spacial score (nSPS) is 10.3. The Hall–Kier alpha value is -1.28. The third-order valence-corrected chi connectivity index (χ3v) is 3.03. The zero-order valence-electron chi connectivity index (χ0n) is 9.88. The Morgan fingerprint density at radius 2 is 1.80 bits per heavy atom. The molecule has 0 fully saturated rings. The maximum absolute atomic E-state index is 2.40. The quantitative estimate of drug-likeness (QED) is 0.796. The van der Waals surface area contributed by atoms with Gasteiger partial charge >= 0.3 is 0 Å². The predicted octanol–water partition coefficient (Wildman–Crippen LogP) is 3.69. The summed E-state index contributed by atoms with van der Waals surface area (Å²) >= 11 is 0. The number of aromatic nitrogens is 1. The Kier molecular flexibility index (Phi) is 3.53. The highest BCUT2D eigenvalue weighted by molar-refractivity contribution is 5.85. The van der Waals surface area contributed by atoms with Crippen molar-refractivity contribution in [1.29, 1.82) is 0 Å². The fourth-order valence-electron chi connectivity index (χ4n) is 2.36. The number of aryl methyl sites for hydroxylation is 2. The molecule has 1 aromatic heterocycles. The summed E-state index contributed by atoms with van der Waals surface area (Å²) in [6, 6.07) is 8.69. The van der Waals surface area contributed by atoms with Crippen molar-refractivity contribution < 1.29 is 0 Å². The SMILES string of the molecule is CCc1c(C)n(CC)c2ccccc12.N. The van der Waals surface area contributed by atoms with E-state index >= 15 is 0 Å². The van der Waals surface area contributed by atoms with Gasteiger partial charge in [0.2, 0.25) is 0 Å². The second kappa shape index (κ2) is 4.49. The van der Waals surface area contributed by atoms with Crippen LogP contribution in [0.3, 0.4) is 0 Å². The molecule has 15 heavy (non-hydrogen) atoms. The summed E-state index contributed by atoms with van der Waals surface area (Å²) in [4.78, 5) is 0. The van der Waals surface area contributed by atoms with E-state index in [1.54, 1.807) is 0 Å². The number of hydrogen-bond donors (Lipinski definition) is 1. The third-order valence-electron chi connectivity index (χ3n) is 3.03. The number of benzene rings is 1. The first kappa shape index (κ1) is 11.8. The Morgan fingerprint density at radius 3 is 2.40 bits per heavy atom. The number of fused-ring (bicyclic) bond motifs is 1. The summed E-state index contributed by atoms with van der Waals surface area (Å²) in [5, 5.41) is 1.43. The van der Waals surface area contributed by atoms with Crippen LogP contribution in [0.25, 0.3) is 10.9 Å². The maximum Gasteiger partial charge on any atom is 0.0485 e. The van der Waals surface area contributed by atoms with Crippen LogP contribution < -0.4 is 6.15 Å². The molecule has 0 amide bonds. The Labute approximate surface area is 91.5 Å². The number of rotatable bonds is 2. The molecule has 2 nitrogen and oxygen atoms in total. The van der Waals surface area contributed by atoms with E-state index in [1.165, 1.54) is 22.2 Å². The second-order valence-electron chi connectivity index (χ2n) is 3.68. The molecule has 0 saturated heterocycles. The van der Waals surface area contributed by atoms with Crippen LogP contribution in [-0.4, -0.2) is 4.57 Å². The lowest BCUT2D eigenvalue weighted by Gasteiger charge is -2.03. The van der Waals surface area contributed by atoms with E-state index < -0.39 is 0 Å². The summed E-state index contributed by atoms with van der Waals surface area (Å²) in [6.45, 7) is 7.72. The average molecular weight is 204 g/mol. The van der Waals surface area contributed by atoms with Crippen LogP contribution in [0, 0.1) is 6.92 Å². The second-order valence-corrected chi connectivity index (χ2v) is 3.68. The molecule has 2 aromatic rings. The van der Waals surface area contributed by atoms with Crippen LogP contribution in [0.2, 0.25) is 0 Å². The van der Waals surface area contributed by atoms with Gasteiger partial charge in [0.25, 0.3) is 0 Å². The van der Waals surface area contributed by atoms with Gasteiger partial charge in [0.1, 0.15) is 0 Å². The van der Waals surface area contributed by atoms with Crippen LogP contribution in [0.15, 0.2) is 24.3 Å². The van der Waals surface area contributed by atoms with Gasteiger partial charge in [-0.05, 0) is 31.9 Å². The van der Waals surface area contributed by atoms with Crippen LogP contribution in [-0.2, 0) is 13.0 Å². The minimum atomic E-state index is 0. The lowest BCUT2D eigenvalue weighted by Crippen LogP contribution is -1.96. The standard InChI is InChI=1S/C13H17N.H3N/c1-4-11-10(3)14(5-2)13-9-7-6-8-12(11)13;/h6-9H,4-5H2,1-3H3;1H3. The van der Waals surface area contributed by atoms with Crippen LogP contribution in [0.5, 0.6) is 0 Å². The van der Waals surface area contributed by atoms with Gasteiger partial charge in [-0.3, -0.25) is 0 Å². The lowest BCUT2D eigenvalue weighted by molar-refractivity contribution is 0.763. The maximum atomic E-state index is 2.40. The van der Waals surface area contributed by atoms with Gasteiger partial charge in [-0.1, -0.05) is 25.1 Å². The van der Waals surface area contributed by atoms with E-state index in [0.717, 1.165) is 13.0 Å². The summed E-state index contributed by atoms with van der Waals surface area (Å²) in [6.07, 6.45) is 1.12. The molecule has 0 aliphatic carbocycles. The van der Waals surface area contributed by atoms with Crippen molar-refractivity contribution in [2.45, 2.75) is 33.7 Å². The topological polar surface area (TPSA) is 39.9 Å². The molecule has 0 spiro atoms. The molecule has 82 valence electrons. The third kappa shape index (κ3) is 1.65. The van der Waals surface area contributed by atoms with Gasteiger partial charge < -0.3 is 10.7 Å². The zero-order valence-corrected chi connectivity index (χ0v) is 9.88. The molecular weight excluding hydrogens is 184 g/mol. The Morgan fingerprint density at radius 1 is 1.13 bits per heavy atom. The summed E-state index contributed by atoms with van der Waals surface area (Å²) < 4.78 is 2.40. The van der Waals surface area contributed by atoms with Gasteiger partial charge in [-0.25, -0.2) is 0 Å². The highest BCUT2D eigenvalue weighted by Crippen LogP contribution is 2.25. The molecule has 1 heterocycles. The van der Waals surface area contributed by atoms with Crippen molar-refractivity contribution >= 4 is 10.9 Å². The molecule has 0 aliphatic rings. The minimum Gasteiger partial charge on any atom is -0.345 e. The van der Waals surface area contributed by atoms with E-state index in [4.69, 9.17) is 0 Å². The highest BCUT2D eigenvalue weighted by atomic mass is 15.0. The molecule has 2 rings (SSSR count). The van der Waals surface area contributed by atoms with E-state index in [-0.39, 0.29) is 6.15 Å². The fraction of sp³-hybridized carbons (Fsp3) is 0.385. The first-order valence-corrected chi connectivity index (χ1v) is 5.36.